The third kappa shape index (κ3) is 3.78. The summed E-state index contributed by atoms with van der Waals surface area (Å²) in [6.45, 7) is 22.2. The van der Waals surface area contributed by atoms with Gasteiger partial charge < -0.3 is 22.2 Å². The minimum Gasteiger partial charge on any atom is -0.369 e. The van der Waals surface area contributed by atoms with Crippen LogP contribution in [-0.4, -0.2) is 31.6 Å². The molecule has 0 aromatic carbocycles. The Hall–Kier alpha value is 2.04. The summed E-state index contributed by atoms with van der Waals surface area (Å²) in [6, 6.07) is 0. The SMILES string of the molecule is C[Si](C)(C)C([Si-](Cl)Cl)([Si](C)(C)C)[Si](C)(C)C.[Li+]. The van der Waals surface area contributed by atoms with Crippen LogP contribution in [0.2, 0.25) is 62.8 Å². The predicted molar refractivity (Wildman–Crippen MR) is 90.2 cm³/mol. The first-order valence-corrected chi connectivity index (χ1v) is 19.9. The molecule has 0 saturated carbocycles. The van der Waals surface area contributed by atoms with E-state index in [-0.39, 0.29) is 18.9 Å². The second-order valence-corrected chi connectivity index (χ2v) is 30.6. The van der Waals surface area contributed by atoms with E-state index in [1.54, 1.807) is 0 Å². The van der Waals surface area contributed by atoms with E-state index in [2.05, 4.69) is 58.9 Å². The largest absolute Gasteiger partial charge is 1.00 e. The number of hydrogen-bond donors (Lipinski definition) is 0. The standard InChI is InChI=1S/C10H27Cl2Si4.Li/c1-14(2,3)10(13(11)12,15(4,5)6)16(7,8)9;/h1-9H3;/q-1;+1. The summed E-state index contributed by atoms with van der Waals surface area (Å²) < 4.78 is 0.362. The zero-order chi connectivity index (χ0) is 13.6. The zero-order valence-corrected chi connectivity index (χ0v) is 18.8. The molecule has 0 heterocycles. The molecule has 0 spiro atoms. The third-order valence-electron chi connectivity index (χ3n) is 3.66. The van der Waals surface area contributed by atoms with Crippen molar-refractivity contribution >= 4 is 53.8 Å². The summed E-state index contributed by atoms with van der Waals surface area (Å²) in [4.78, 5) is 0. The van der Waals surface area contributed by atoms with Crippen LogP contribution >= 0.6 is 22.2 Å². The summed E-state index contributed by atoms with van der Waals surface area (Å²) in [6.07, 6.45) is 0. The second kappa shape index (κ2) is 6.21. The molecule has 0 radical (unpaired) electrons. The Bertz CT molecular complexity index is 214. The molecule has 0 rings (SSSR count). The topological polar surface area (TPSA) is 0 Å². The van der Waals surface area contributed by atoms with Gasteiger partial charge in [0.2, 0.25) is 0 Å². The van der Waals surface area contributed by atoms with Crippen LogP contribution in [0.3, 0.4) is 0 Å². The van der Waals surface area contributed by atoms with E-state index in [0.717, 1.165) is 0 Å². The van der Waals surface area contributed by atoms with Crippen molar-refractivity contribution < 1.29 is 18.9 Å². The Morgan fingerprint density at radius 3 is 0.824 bits per heavy atom. The number of halogens is 2. The van der Waals surface area contributed by atoms with Crippen molar-refractivity contribution in [1.82, 2.24) is 0 Å². The normalized spacial score (nSPS) is 14.8. The maximum atomic E-state index is 6.63. The van der Waals surface area contributed by atoms with Gasteiger partial charge in [0.05, 0.1) is 0 Å². The molecular formula is C10H27Cl2LiSi4. The summed E-state index contributed by atoms with van der Waals surface area (Å²) in [5.74, 6) is 0. The van der Waals surface area contributed by atoms with Gasteiger partial charge in [0.15, 0.2) is 0 Å². The molecule has 0 N–H and O–H groups in total. The molecule has 98 valence electrons. The maximum Gasteiger partial charge on any atom is 1.00 e. The summed E-state index contributed by atoms with van der Waals surface area (Å²) >= 11 is 13.3. The van der Waals surface area contributed by atoms with Gasteiger partial charge in [-0.3, -0.25) is 0 Å². The van der Waals surface area contributed by atoms with E-state index >= 15 is 0 Å². The van der Waals surface area contributed by atoms with Gasteiger partial charge in [0.25, 0.3) is 0 Å². The fourth-order valence-electron chi connectivity index (χ4n) is 4.23. The van der Waals surface area contributed by atoms with Gasteiger partial charge in [0.1, 0.15) is 0 Å². The second-order valence-electron chi connectivity index (χ2n) is 7.76. The van der Waals surface area contributed by atoms with Crippen LogP contribution in [0.4, 0.5) is 0 Å². The Balaban J connectivity index is 0. The van der Waals surface area contributed by atoms with Gasteiger partial charge >= 0.3 is 18.9 Å². The van der Waals surface area contributed by atoms with E-state index in [1.165, 1.54) is 0 Å². The van der Waals surface area contributed by atoms with Gasteiger partial charge in [-0.1, -0.05) is 66.3 Å². The predicted octanol–water partition coefficient (Wildman–Crippen LogP) is 2.33. The van der Waals surface area contributed by atoms with E-state index in [4.69, 9.17) is 22.2 Å². The van der Waals surface area contributed by atoms with Crippen LogP contribution in [0.5, 0.6) is 0 Å². The maximum absolute atomic E-state index is 6.63. The molecule has 0 aliphatic rings. The van der Waals surface area contributed by atoms with Crippen molar-refractivity contribution in [1.29, 1.82) is 0 Å². The summed E-state index contributed by atoms with van der Waals surface area (Å²) in [7, 11) is -5.37. The van der Waals surface area contributed by atoms with E-state index in [9.17, 15) is 0 Å². The van der Waals surface area contributed by atoms with Crippen LogP contribution in [0.25, 0.3) is 0 Å². The number of hydrogen-bond acceptors (Lipinski definition) is 0. The Morgan fingerprint density at radius 2 is 0.824 bits per heavy atom. The van der Waals surface area contributed by atoms with Crippen molar-refractivity contribution in [3.8, 4) is 0 Å². The smallest absolute Gasteiger partial charge is 0.369 e. The van der Waals surface area contributed by atoms with Crippen LogP contribution < -0.4 is 18.9 Å². The van der Waals surface area contributed by atoms with Crippen molar-refractivity contribution in [3.05, 3.63) is 0 Å². The molecule has 0 amide bonds. The Kier molecular flexibility index (Phi) is 7.80. The minimum atomic E-state index is -1.37. The fraction of sp³-hybridized carbons (Fsp3) is 1.00. The van der Waals surface area contributed by atoms with Crippen LogP contribution in [0.1, 0.15) is 0 Å². The van der Waals surface area contributed by atoms with E-state index < -0.39 is 31.6 Å². The first-order valence-electron chi connectivity index (χ1n) is 5.88. The average Bonchev–Trinajstić information content (AvgIpc) is 1.71. The van der Waals surface area contributed by atoms with Crippen LogP contribution in [0, 0.1) is 0 Å². The number of rotatable bonds is 4. The van der Waals surface area contributed by atoms with E-state index in [0.29, 0.717) is 3.91 Å². The molecule has 0 atom stereocenters. The summed E-state index contributed by atoms with van der Waals surface area (Å²) in [5, 5.41) is 0. The van der Waals surface area contributed by atoms with Crippen molar-refractivity contribution in [3.63, 3.8) is 0 Å². The molecule has 0 aromatic heterocycles. The molecule has 0 aliphatic heterocycles. The van der Waals surface area contributed by atoms with Gasteiger partial charge in [0, 0.05) is 24.2 Å². The molecule has 0 fully saturated rings. The molecular weight excluding hydrogens is 310 g/mol. The zero-order valence-electron chi connectivity index (χ0n) is 13.3. The first kappa shape index (κ1) is 21.3. The van der Waals surface area contributed by atoms with Gasteiger partial charge in [-0.25, -0.2) is 0 Å². The molecule has 0 aromatic rings. The van der Waals surface area contributed by atoms with Gasteiger partial charge in [-0.05, 0) is 0 Å². The molecule has 0 nitrogen and oxygen atoms in total. The third-order valence-corrected chi connectivity index (χ3v) is 38.0. The minimum absolute atomic E-state index is 0. The Morgan fingerprint density at radius 1 is 0.647 bits per heavy atom. The van der Waals surface area contributed by atoms with Crippen LogP contribution in [0.15, 0.2) is 0 Å². The molecule has 0 unspecified atom stereocenters. The quantitative estimate of drug-likeness (QED) is 0.546. The van der Waals surface area contributed by atoms with Crippen molar-refractivity contribution in [2.24, 2.45) is 0 Å². The fourth-order valence-corrected chi connectivity index (χ4v) is 53.3. The molecule has 0 aliphatic carbocycles. The van der Waals surface area contributed by atoms with Crippen LogP contribution in [-0.2, 0) is 0 Å². The van der Waals surface area contributed by atoms with Gasteiger partial charge in [-0.15, -0.1) is 3.91 Å². The summed E-state index contributed by atoms with van der Waals surface area (Å²) in [5.41, 5.74) is 0. The van der Waals surface area contributed by atoms with Crippen molar-refractivity contribution in [2.45, 2.75) is 62.8 Å². The van der Waals surface area contributed by atoms with Gasteiger partial charge in [-0.2, -0.15) is 0 Å². The molecule has 7 heteroatoms. The molecule has 0 saturated heterocycles. The van der Waals surface area contributed by atoms with E-state index in [1.807, 2.05) is 0 Å². The monoisotopic (exact) mass is 336 g/mol. The Labute approximate surface area is 134 Å². The molecule has 0 bridgehead atoms. The van der Waals surface area contributed by atoms with Crippen molar-refractivity contribution in [2.75, 3.05) is 0 Å². The average molecular weight is 338 g/mol. The molecule has 17 heavy (non-hydrogen) atoms. The first-order chi connectivity index (χ1) is 6.69.